The highest BCUT2D eigenvalue weighted by atomic mass is 16.4. The number of rotatable bonds is 4. The maximum absolute atomic E-state index is 12.3. The number of ketones is 1. The minimum atomic E-state index is -0.400. The van der Waals surface area contributed by atoms with Gasteiger partial charge < -0.3 is 9.32 Å². The monoisotopic (exact) mass is 288 g/mol. The van der Waals surface area contributed by atoms with E-state index in [0.29, 0.717) is 23.1 Å². The van der Waals surface area contributed by atoms with Crippen molar-refractivity contribution in [3.05, 3.63) is 34.3 Å². The summed E-state index contributed by atoms with van der Waals surface area (Å²) >= 11 is 0. The molecule has 5 nitrogen and oxygen atoms in total. The lowest BCUT2D eigenvalue weighted by Gasteiger charge is -2.25. The number of carbonyl (C=O) groups is 1. The summed E-state index contributed by atoms with van der Waals surface area (Å²) in [6.07, 6.45) is 4.28. The molecular formula is C16H20N2O3. The molecule has 1 saturated heterocycles. The molecule has 0 aliphatic carbocycles. The molecule has 2 aromatic rings. The predicted molar refractivity (Wildman–Crippen MR) is 80.7 cm³/mol. The highest BCUT2D eigenvalue weighted by Crippen LogP contribution is 2.16. The van der Waals surface area contributed by atoms with Gasteiger partial charge in [0.1, 0.15) is 0 Å². The molecule has 0 unspecified atom stereocenters. The van der Waals surface area contributed by atoms with E-state index in [-0.39, 0.29) is 5.78 Å². The van der Waals surface area contributed by atoms with Gasteiger partial charge in [0, 0.05) is 25.6 Å². The molecule has 1 aromatic carbocycles. The topological polar surface area (TPSA) is 55.5 Å². The minimum Gasteiger partial charge on any atom is -0.408 e. The Labute approximate surface area is 123 Å². The van der Waals surface area contributed by atoms with Crippen LogP contribution in [0.2, 0.25) is 0 Å². The van der Waals surface area contributed by atoms with E-state index in [9.17, 15) is 9.59 Å². The molecule has 0 amide bonds. The number of likely N-dealkylation sites (tertiary alicyclic amines) is 1. The molecule has 0 saturated carbocycles. The summed E-state index contributed by atoms with van der Waals surface area (Å²) in [6.45, 7) is 3.01. The summed E-state index contributed by atoms with van der Waals surface area (Å²) in [5.41, 5.74) is 1.81. The Bertz CT molecular complexity index is 708. The van der Waals surface area contributed by atoms with Crippen LogP contribution in [-0.2, 0) is 7.05 Å². The molecule has 0 N–H and O–H groups in total. The second kappa shape index (κ2) is 5.85. The van der Waals surface area contributed by atoms with Crippen molar-refractivity contribution in [1.82, 2.24) is 9.47 Å². The van der Waals surface area contributed by atoms with E-state index in [1.165, 1.54) is 23.8 Å². The molecule has 21 heavy (non-hydrogen) atoms. The van der Waals surface area contributed by atoms with E-state index in [0.717, 1.165) is 19.6 Å². The smallest absolute Gasteiger partial charge is 0.408 e. The van der Waals surface area contributed by atoms with Gasteiger partial charge in [-0.15, -0.1) is 0 Å². The van der Waals surface area contributed by atoms with Gasteiger partial charge in [0.2, 0.25) is 0 Å². The van der Waals surface area contributed by atoms with E-state index in [4.69, 9.17) is 4.42 Å². The first-order valence-electron chi connectivity index (χ1n) is 7.50. The quantitative estimate of drug-likeness (QED) is 0.809. The number of Topliss-reactive ketones (excluding diaryl/α,β-unsaturated/α-hetero) is 1. The molecule has 0 bridgehead atoms. The van der Waals surface area contributed by atoms with Crippen LogP contribution in [0.3, 0.4) is 0 Å². The standard InChI is InChI=1S/C16H20N2O3/c1-17-13-6-5-12(11-15(13)21-16(17)20)14(19)7-10-18-8-3-2-4-9-18/h5-6,11H,2-4,7-10H2,1H3. The molecule has 1 fully saturated rings. The first-order valence-corrected chi connectivity index (χ1v) is 7.50. The third kappa shape index (κ3) is 2.93. The number of hydrogen-bond donors (Lipinski definition) is 0. The van der Waals surface area contributed by atoms with E-state index in [1.54, 1.807) is 25.2 Å². The zero-order valence-electron chi connectivity index (χ0n) is 12.3. The Morgan fingerprint density at radius 2 is 2.00 bits per heavy atom. The van der Waals surface area contributed by atoms with Crippen molar-refractivity contribution in [2.45, 2.75) is 25.7 Å². The maximum Gasteiger partial charge on any atom is 0.419 e. The molecule has 2 heterocycles. The molecular weight excluding hydrogens is 268 g/mol. The molecule has 0 spiro atoms. The molecule has 112 valence electrons. The average Bonchev–Trinajstić information content (AvgIpc) is 2.80. The number of hydrogen-bond acceptors (Lipinski definition) is 4. The third-order valence-corrected chi connectivity index (χ3v) is 4.22. The fourth-order valence-electron chi connectivity index (χ4n) is 2.89. The number of oxazole rings is 1. The van der Waals surface area contributed by atoms with Crippen LogP contribution in [0.5, 0.6) is 0 Å². The number of nitrogens with zero attached hydrogens (tertiary/aromatic N) is 2. The maximum atomic E-state index is 12.3. The normalized spacial score (nSPS) is 16.4. The molecule has 0 atom stereocenters. The van der Waals surface area contributed by atoms with Crippen LogP contribution >= 0.6 is 0 Å². The summed E-state index contributed by atoms with van der Waals surface area (Å²) in [7, 11) is 1.66. The molecule has 0 radical (unpaired) electrons. The van der Waals surface area contributed by atoms with Gasteiger partial charge >= 0.3 is 5.76 Å². The van der Waals surface area contributed by atoms with E-state index >= 15 is 0 Å². The van der Waals surface area contributed by atoms with E-state index in [1.807, 2.05) is 0 Å². The van der Waals surface area contributed by atoms with Crippen LogP contribution in [0.25, 0.3) is 11.1 Å². The van der Waals surface area contributed by atoms with Crippen LogP contribution in [0.1, 0.15) is 36.0 Å². The van der Waals surface area contributed by atoms with Gasteiger partial charge in [0.15, 0.2) is 11.4 Å². The number of benzene rings is 1. The van der Waals surface area contributed by atoms with Crippen LogP contribution < -0.4 is 5.76 Å². The zero-order valence-corrected chi connectivity index (χ0v) is 12.3. The third-order valence-electron chi connectivity index (χ3n) is 4.22. The van der Waals surface area contributed by atoms with E-state index < -0.39 is 5.76 Å². The summed E-state index contributed by atoms with van der Waals surface area (Å²) < 4.78 is 6.57. The lowest BCUT2D eigenvalue weighted by atomic mass is 10.1. The number of piperidine rings is 1. The van der Waals surface area contributed by atoms with Crippen molar-refractivity contribution in [3.8, 4) is 0 Å². The summed E-state index contributed by atoms with van der Waals surface area (Å²) in [4.78, 5) is 26.1. The number of fused-ring (bicyclic) bond motifs is 1. The van der Waals surface area contributed by atoms with Gasteiger partial charge in [-0.2, -0.15) is 0 Å². The largest absolute Gasteiger partial charge is 0.419 e. The lowest BCUT2D eigenvalue weighted by molar-refractivity contribution is 0.0958. The summed E-state index contributed by atoms with van der Waals surface area (Å²) in [6, 6.07) is 5.22. The fraction of sp³-hybridized carbons (Fsp3) is 0.500. The highest BCUT2D eigenvalue weighted by molar-refractivity contribution is 5.98. The van der Waals surface area contributed by atoms with E-state index in [2.05, 4.69) is 4.90 Å². The highest BCUT2D eigenvalue weighted by Gasteiger charge is 2.14. The van der Waals surface area contributed by atoms with Crippen molar-refractivity contribution in [2.24, 2.45) is 7.05 Å². The number of carbonyl (C=O) groups excluding carboxylic acids is 1. The van der Waals surface area contributed by atoms with Crippen LogP contribution in [0, 0.1) is 0 Å². The van der Waals surface area contributed by atoms with Crippen molar-refractivity contribution in [3.63, 3.8) is 0 Å². The first-order chi connectivity index (χ1) is 10.1. The van der Waals surface area contributed by atoms with Gasteiger partial charge in [-0.25, -0.2) is 4.79 Å². The number of aryl methyl sites for hydroxylation is 1. The second-order valence-electron chi connectivity index (χ2n) is 5.68. The molecule has 1 aromatic heterocycles. The first kappa shape index (κ1) is 14.1. The SMILES string of the molecule is Cn1c(=O)oc2cc(C(=O)CCN3CCCCC3)ccc21. The van der Waals surface area contributed by atoms with Crippen molar-refractivity contribution >= 4 is 16.9 Å². The Morgan fingerprint density at radius 3 is 2.76 bits per heavy atom. The van der Waals surface area contributed by atoms with Gasteiger partial charge in [-0.3, -0.25) is 9.36 Å². The molecule has 1 aliphatic heterocycles. The zero-order chi connectivity index (χ0) is 14.8. The Balaban J connectivity index is 1.70. The summed E-state index contributed by atoms with van der Waals surface area (Å²) in [5, 5.41) is 0. The predicted octanol–water partition coefficient (Wildman–Crippen LogP) is 2.19. The van der Waals surface area contributed by atoms with Crippen molar-refractivity contribution < 1.29 is 9.21 Å². The second-order valence-corrected chi connectivity index (χ2v) is 5.68. The molecule has 5 heteroatoms. The van der Waals surface area contributed by atoms with Crippen molar-refractivity contribution in [2.75, 3.05) is 19.6 Å². The van der Waals surface area contributed by atoms with Crippen LogP contribution in [0.15, 0.2) is 27.4 Å². The van der Waals surface area contributed by atoms with Gasteiger partial charge in [-0.1, -0.05) is 6.42 Å². The Morgan fingerprint density at radius 1 is 1.24 bits per heavy atom. The minimum absolute atomic E-state index is 0.106. The van der Waals surface area contributed by atoms with Gasteiger partial charge in [-0.05, 0) is 44.1 Å². The molecule has 1 aliphatic rings. The number of aromatic nitrogens is 1. The van der Waals surface area contributed by atoms with Crippen LogP contribution in [-0.4, -0.2) is 34.9 Å². The lowest BCUT2D eigenvalue weighted by Crippen LogP contribution is -2.31. The van der Waals surface area contributed by atoms with Gasteiger partial charge in [0.25, 0.3) is 0 Å². The summed E-state index contributed by atoms with van der Waals surface area (Å²) in [5.74, 6) is -0.295. The Kier molecular flexibility index (Phi) is 3.92. The fourth-order valence-corrected chi connectivity index (χ4v) is 2.89. The average molecular weight is 288 g/mol. The van der Waals surface area contributed by atoms with Gasteiger partial charge in [0.05, 0.1) is 5.52 Å². The van der Waals surface area contributed by atoms with Crippen LogP contribution in [0.4, 0.5) is 0 Å². The Hall–Kier alpha value is -1.88. The molecule has 3 rings (SSSR count). The van der Waals surface area contributed by atoms with Crippen molar-refractivity contribution in [1.29, 1.82) is 0 Å².